The smallest absolute Gasteiger partial charge is 0.337 e. The molecule has 0 aliphatic rings. The molecule has 2 aromatic carbocycles. The molecule has 2 rings (SSSR count). The second kappa shape index (κ2) is 8.45. The lowest BCUT2D eigenvalue weighted by atomic mass is 10.1. The van der Waals surface area contributed by atoms with Gasteiger partial charge >= 0.3 is 5.97 Å². The minimum atomic E-state index is -0.469. The molecule has 0 saturated carbocycles. The quantitative estimate of drug-likeness (QED) is 0.422. The van der Waals surface area contributed by atoms with Crippen molar-refractivity contribution in [1.82, 2.24) is 0 Å². The Morgan fingerprint density at radius 3 is 2.58 bits per heavy atom. The van der Waals surface area contributed by atoms with Crippen LogP contribution >= 0.6 is 15.9 Å². The van der Waals surface area contributed by atoms with Gasteiger partial charge in [-0.2, -0.15) is 0 Å². The van der Waals surface area contributed by atoms with Crippen LogP contribution in [0.2, 0.25) is 0 Å². The summed E-state index contributed by atoms with van der Waals surface area (Å²) in [5.41, 5.74) is 2.72. The van der Waals surface area contributed by atoms with E-state index in [0.29, 0.717) is 23.2 Å². The minimum Gasteiger partial charge on any atom is -0.488 e. The molecule has 5 heteroatoms. The number of halogens is 1. The molecule has 4 nitrogen and oxygen atoms in total. The Bertz CT molecular complexity index is 781. The zero-order valence-electron chi connectivity index (χ0n) is 13.4. The van der Waals surface area contributed by atoms with Crippen molar-refractivity contribution < 1.29 is 19.1 Å². The van der Waals surface area contributed by atoms with E-state index in [4.69, 9.17) is 9.47 Å². The summed E-state index contributed by atoms with van der Waals surface area (Å²) >= 11 is 3.30. The molecular formula is C19H17BrO4. The predicted molar refractivity (Wildman–Crippen MR) is 96.2 cm³/mol. The summed E-state index contributed by atoms with van der Waals surface area (Å²) in [5, 5.41) is 0. The number of methoxy groups -OCH3 is 1. The second-order valence-corrected chi connectivity index (χ2v) is 6.02. The highest BCUT2D eigenvalue weighted by Gasteiger charge is 2.13. The van der Waals surface area contributed by atoms with Crippen LogP contribution in [0.5, 0.6) is 5.75 Å². The first kappa shape index (κ1) is 17.9. The van der Waals surface area contributed by atoms with E-state index in [1.165, 1.54) is 7.11 Å². The number of hydrogen-bond donors (Lipinski definition) is 0. The normalized spacial score (nSPS) is 11.0. The van der Waals surface area contributed by atoms with Crippen LogP contribution in [0.1, 0.15) is 21.5 Å². The van der Waals surface area contributed by atoms with Gasteiger partial charge < -0.3 is 9.47 Å². The summed E-state index contributed by atoms with van der Waals surface area (Å²) in [4.78, 5) is 23.2. The van der Waals surface area contributed by atoms with Crippen LogP contribution in [-0.2, 0) is 9.53 Å². The van der Waals surface area contributed by atoms with Crippen molar-refractivity contribution in [2.75, 3.05) is 13.7 Å². The van der Waals surface area contributed by atoms with E-state index in [1.807, 2.05) is 31.2 Å². The average Bonchev–Trinajstić information content (AvgIpc) is 2.60. The van der Waals surface area contributed by atoms with Gasteiger partial charge in [0.05, 0.1) is 18.2 Å². The number of hydrogen-bond acceptors (Lipinski definition) is 4. The highest BCUT2D eigenvalue weighted by molar-refractivity contribution is 9.10. The van der Waals surface area contributed by atoms with Gasteiger partial charge in [0.1, 0.15) is 12.4 Å². The summed E-state index contributed by atoms with van der Waals surface area (Å²) in [6, 6.07) is 12.8. The minimum absolute atomic E-state index is 0.00345. The Morgan fingerprint density at radius 2 is 1.92 bits per heavy atom. The highest BCUT2D eigenvalue weighted by atomic mass is 79.9. The van der Waals surface area contributed by atoms with Crippen molar-refractivity contribution in [3.05, 3.63) is 69.2 Å². The average molecular weight is 389 g/mol. The van der Waals surface area contributed by atoms with Crippen LogP contribution < -0.4 is 4.74 Å². The second-order valence-electron chi connectivity index (χ2n) is 5.11. The van der Waals surface area contributed by atoms with Gasteiger partial charge in [-0.15, -0.1) is 0 Å². The van der Waals surface area contributed by atoms with E-state index in [-0.39, 0.29) is 6.61 Å². The van der Waals surface area contributed by atoms with Crippen molar-refractivity contribution in [2.45, 2.75) is 6.92 Å². The molecule has 0 aliphatic carbocycles. The Balaban J connectivity index is 2.26. The number of carbonyl (C=O) groups excluding carboxylic acids is 2. The molecule has 124 valence electrons. The van der Waals surface area contributed by atoms with E-state index < -0.39 is 5.97 Å². The summed E-state index contributed by atoms with van der Waals surface area (Å²) in [7, 11) is 1.32. The third-order valence-electron chi connectivity index (χ3n) is 3.45. The molecular weight excluding hydrogens is 372 g/mol. The summed E-state index contributed by atoms with van der Waals surface area (Å²) in [6.45, 7) is 1.96. The Morgan fingerprint density at radius 1 is 1.17 bits per heavy atom. The predicted octanol–water partition coefficient (Wildman–Crippen LogP) is 4.21. The maximum atomic E-state index is 12.0. The van der Waals surface area contributed by atoms with Crippen LogP contribution in [-0.4, -0.2) is 26.0 Å². The maximum absolute atomic E-state index is 12.0. The SMILES string of the molecule is COC(=O)C(=Cc1ccccc1C)COc1ccc(Br)cc1C=O. The van der Waals surface area contributed by atoms with Gasteiger partial charge in [-0.1, -0.05) is 40.2 Å². The van der Waals surface area contributed by atoms with Gasteiger partial charge in [0.2, 0.25) is 0 Å². The Kier molecular flexibility index (Phi) is 6.32. The zero-order valence-corrected chi connectivity index (χ0v) is 15.0. The third kappa shape index (κ3) is 4.55. The molecule has 0 saturated heterocycles. The standard InChI is InChI=1S/C19H17BrO4/c1-13-5-3-4-6-14(13)9-16(19(22)23-2)12-24-18-8-7-17(20)10-15(18)11-21/h3-11H,12H2,1-2H3. The summed E-state index contributed by atoms with van der Waals surface area (Å²) < 4.78 is 11.3. The largest absolute Gasteiger partial charge is 0.488 e. The molecule has 2 aromatic rings. The van der Waals surface area contributed by atoms with Crippen LogP contribution in [0, 0.1) is 6.92 Å². The van der Waals surface area contributed by atoms with Gasteiger partial charge in [-0.3, -0.25) is 4.79 Å². The van der Waals surface area contributed by atoms with Crippen molar-refractivity contribution in [3.8, 4) is 5.75 Å². The fourth-order valence-electron chi connectivity index (χ4n) is 2.13. The molecule has 0 aromatic heterocycles. The van der Waals surface area contributed by atoms with E-state index in [9.17, 15) is 9.59 Å². The first-order valence-electron chi connectivity index (χ1n) is 7.27. The zero-order chi connectivity index (χ0) is 17.5. The molecule has 24 heavy (non-hydrogen) atoms. The molecule has 0 heterocycles. The highest BCUT2D eigenvalue weighted by Crippen LogP contribution is 2.23. The molecule has 0 amide bonds. The summed E-state index contributed by atoms with van der Waals surface area (Å²) in [5.74, 6) is -0.0594. The van der Waals surface area contributed by atoms with Gasteiger partial charge in [-0.25, -0.2) is 4.79 Å². The van der Waals surface area contributed by atoms with E-state index in [1.54, 1.807) is 24.3 Å². The maximum Gasteiger partial charge on any atom is 0.337 e. The number of aldehydes is 1. The number of carbonyl (C=O) groups is 2. The molecule has 0 aliphatic heterocycles. The first-order valence-corrected chi connectivity index (χ1v) is 8.06. The monoisotopic (exact) mass is 388 g/mol. The van der Waals surface area contributed by atoms with E-state index >= 15 is 0 Å². The van der Waals surface area contributed by atoms with E-state index in [2.05, 4.69) is 15.9 Å². The fourth-order valence-corrected chi connectivity index (χ4v) is 2.50. The van der Waals surface area contributed by atoms with Crippen molar-refractivity contribution in [2.24, 2.45) is 0 Å². The van der Waals surface area contributed by atoms with Crippen LogP contribution in [0.15, 0.2) is 52.5 Å². The van der Waals surface area contributed by atoms with E-state index in [0.717, 1.165) is 15.6 Å². The lowest BCUT2D eigenvalue weighted by Gasteiger charge is -2.11. The van der Waals surface area contributed by atoms with Crippen molar-refractivity contribution in [1.29, 1.82) is 0 Å². The Labute approximate surface area is 149 Å². The number of esters is 1. The number of benzene rings is 2. The molecule has 0 atom stereocenters. The van der Waals surface area contributed by atoms with Crippen LogP contribution in [0.3, 0.4) is 0 Å². The molecule has 0 bridgehead atoms. The molecule has 0 fully saturated rings. The lowest BCUT2D eigenvalue weighted by Crippen LogP contribution is -2.13. The van der Waals surface area contributed by atoms with Crippen molar-refractivity contribution >= 4 is 34.3 Å². The third-order valence-corrected chi connectivity index (χ3v) is 3.94. The van der Waals surface area contributed by atoms with Gasteiger partial charge in [0, 0.05) is 4.47 Å². The molecule has 0 radical (unpaired) electrons. The van der Waals surface area contributed by atoms with Gasteiger partial charge in [0.15, 0.2) is 6.29 Å². The topological polar surface area (TPSA) is 52.6 Å². The molecule has 0 N–H and O–H groups in total. The van der Waals surface area contributed by atoms with Crippen molar-refractivity contribution in [3.63, 3.8) is 0 Å². The van der Waals surface area contributed by atoms with Crippen LogP contribution in [0.4, 0.5) is 0 Å². The number of aryl methyl sites for hydroxylation is 1. The molecule has 0 spiro atoms. The lowest BCUT2D eigenvalue weighted by molar-refractivity contribution is -0.136. The molecule has 0 unspecified atom stereocenters. The van der Waals surface area contributed by atoms with Gasteiger partial charge in [0.25, 0.3) is 0 Å². The first-order chi connectivity index (χ1) is 11.5. The number of ether oxygens (including phenoxy) is 2. The van der Waals surface area contributed by atoms with Gasteiger partial charge in [-0.05, 0) is 42.3 Å². The van der Waals surface area contributed by atoms with Crippen LogP contribution in [0.25, 0.3) is 6.08 Å². The Hall–Kier alpha value is -2.40. The summed E-state index contributed by atoms with van der Waals surface area (Å²) in [6.07, 6.45) is 2.45. The fraction of sp³-hybridized carbons (Fsp3) is 0.158. The number of rotatable bonds is 6.